The number of para-hydroxylation sites is 1. The molecule has 0 amide bonds. The van der Waals surface area contributed by atoms with Crippen molar-refractivity contribution < 1.29 is 9.84 Å². The maximum absolute atomic E-state index is 10.7. The number of ether oxygens (including phenoxy) is 1. The quantitative estimate of drug-likeness (QED) is 0.885. The fourth-order valence-corrected chi connectivity index (χ4v) is 2.87. The lowest BCUT2D eigenvalue weighted by Crippen LogP contribution is -2.02. The van der Waals surface area contributed by atoms with Gasteiger partial charge in [-0.1, -0.05) is 48.5 Å². The average molecular weight is 280 g/mol. The average Bonchev–Trinajstić information content (AvgIpc) is 2.77. The number of fused-ring (bicyclic) bond motifs is 1. The second-order valence-electron chi connectivity index (χ2n) is 5.42. The molecule has 0 saturated carbocycles. The molecule has 1 N–H and O–H groups in total. The molecule has 1 atom stereocenters. The van der Waals surface area contributed by atoms with Crippen LogP contribution in [0.15, 0.2) is 60.2 Å². The highest BCUT2D eigenvalue weighted by Crippen LogP contribution is 2.37. The summed E-state index contributed by atoms with van der Waals surface area (Å²) in [5.74, 6) is 0.921. The van der Waals surface area contributed by atoms with E-state index in [1.165, 1.54) is 5.57 Å². The molecule has 108 valence electrons. The molecule has 1 aliphatic heterocycles. The first kappa shape index (κ1) is 13.9. The lowest BCUT2D eigenvalue weighted by Gasteiger charge is -2.17. The van der Waals surface area contributed by atoms with Crippen molar-refractivity contribution in [2.75, 3.05) is 6.61 Å². The molecule has 1 unspecified atom stereocenters. The number of allylic oxidation sites excluding steroid dienone is 1. The van der Waals surface area contributed by atoms with Crippen LogP contribution in [0, 0.1) is 0 Å². The van der Waals surface area contributed by atoms with Crippen LogP contribution in [-0.2, 0) is 0 Å². The maximum Gasteiger partial charge on any atom is 0.126 e. The molecule has 2 heteroatoms. The van der Waals surface area contributed by atoms with Crippen molar-refractivity contribution in [2.45, 2.75) is 25.9 Å². The molecule has 0 spiro atoms. The van der Waals surface area contributed by atoms with E-state index < -0.39 is 6.10 Å². The van der Waals surface area contributed by atoms with Crippen LogP contribution in [0.5, 0.6) is 5.75 Å². The summed E-state index contributed by atoms with van der Waals surface area (Å²) in [6.45, 7) is 2.75. The molecule has 2 nitrogen and oxygen atoms in total. The zero-order valence-corrected chi connectivity index (χ0v) is 12.3. The third-order valence-corrected chi connectivity index (χ3v) is 4.04. The van der Waals surface area contributed by atoms with Crippen molar-refractivity contribution >= 4 is 5.57 Å². The first-order valence-electron chi connectivity index (χ1n) is 7.42. The Hall–Kier alpha value is -2.06. The van der Waals surface area contributed by atoms with Crippen LogP contribution in [0.1, 0.15) is 37.0 Å². The number of rotatable bonds is 2. The molecule has 1 heterocycles. The van der Waals surface area contributed by atoms with E-state index >= 15 is 0 Å². The van der Waals surface area contributed by atoms with Gasteiger partial charge in [-0.3, -0.25) is 0 Å². The lowest BCUT2D eigenvalue weighted by atomic mass is 9.91. The molecule has 2 aromatic rings. The van der Waals surface area contributed by atoms with Gasteiger partial charge in [0.15, 0.2) is 0 Å². The molecule has 1 aliphatic rings. The number of hydrogen-bond acceptors (Lipinski definition) is 2. The summed E-state index contributed by atoms with van der Waals surface area (Å²) in [5.41, 5.74) is 4.27. The Morgan fingerprint density at radius 3 is 2.57 bits per heavy atom. The summed E-state index contributed by atoms with van der Waals surface area (Å²) in [6, 6.07) is 17.9. The summed E-state index contributed by atoms with van der Waals surface area (Å²) in [5, 5.41) is 10.7. The van der Waals surface area contributed by atoms with Crippen LogP contribution >= 0.6 is 0 Å². The second-order valence-corrected chi connectivity index (χ2v) is 5.42. The van der Waals surface area contributed by atoms with Crippen molar-refractivity contribution in [1.82, 2.24) is 0 Å². The second kappa shape index (κ2) is 6.15. The van der Waals surface area contributed by atoms with E-state index in [2.05, 4.69) is 6.07 Å². The van der Waals surface area contributed by atoms with Gasteiger partial charge in [0.2, 0.25) is 0 Å². The minimum absolute atomic E-state index is 0.563. The third-order valence-electron chi connectivity index (χ3n) is 4.04. The van der Waals surface area contributed by atoms with Crippen LogP contribution in [0.4, 0.5) is 0 Å². The van der Waals surface area contributed by atoms with Gasteiger partial charge in [0.25, 0.3) is 0 Å². The van der Waals surface area contributed by atoms with Crippen LogP contribution in [0.3, 0.4) is 0 Å². The first-order valence-corrected chi connectivity index (χ1v) is 7.42. The molecule has 0 aliphatic carbocycles. The SMILES string of the molecule is C/C(=C1\CCCOc2ccccc21)C(O)c1ccccc1. The molecule has 2 aromatic carbocycles. The van der Waals surface area contributed by atoms with Crippen molar-refractivity contribution in [3.8, 4) is 5.75 Å². The van der Waals surface area contributed by atoms with Gasteiger partial charge < -0.3 is 9.84 Å². The Labute approximate surface area is 125 Å². The smallest absolute Gasteiger partial charge is 0.126 e. The minimum Gasteiger partial charge on any atom is -0.493 e. The molecule has 0 saturated heterocycles. The van der Waals surface area contributed by atoms with Crippen molar-refractivity contribution in [3.05, 3.63) is 71.3 Å². The number of aliphatic hydroxyl groups is 1. The predicted molar refractivity (Wildman–Crippen MR) is 85.2 cm³/mol. The highest BCUT2D eigenvalue weighted by Gasteiger charge is 2.19. The van der Waals surface area contributed by atoms with Gasteiger partial charge >= 0.3 is 0 Å². The Morgan fingerprint density at radius 2 is 1.76 bits per heavy atom. The normalized spacial score (nSPS) is 18.2. The summed E-state index contributed by atoms with van der Waals surface area (Å²) in [6.07, 6.45) is 1.35. The lowest BCUT2D eigenvalue weighted by molar-refractivity contribution is 0.216. The van der Waals surface area contributed by atoms with Gasteiger partial charge in [0, 0.05) is 5.56 Å². The van der Waals surface area contributed by atoms with Gasteiger partial charge in [-0.15, -0.1) is 0 Å². The molecular formula is C19H20O2. The molecule has 0 fully saturated rings. The van der Waals surface area contributed by atoms with E-state index in [-0.39, 0.29) is 0 Å². The van der Waals surface area contributed by atoms with Gasteiger partial charge in [0.1, 0.15) is 11.9 Å². The fourth-order valence-electron chi connectivity index (χ4n) is 2.87. The van der Waals surface area contributed by atoms with E-state index in [1.807, 2.05) is 55.5 Å². The van der Waals surface area contributed by atoms with Gasteiger partial charge in [-0.2, -0.15) is 0 Å². The summed E-state index contributed by atoms with van der Waals surface area (Å²) in [4.78, 5) is 0. The summed E-state index contributed by atoms with van der Waals surface area (Å²) in [7, 11) is 0. The molecular weight excluding hydrogens is 260 g/mol. The van der Waals surface area contributed by atoms with Gasteiger partial charge in [-0.05, 0) is 42.5 Å². The molecule has 0 bridgehead atoms. The molecule has 0 aromatic heterocycles. The standard InChI is InChI=1S/C19H20O2/c1-14(19(20)15-8-3-2-4-9-15)16-11-7-13-21-18-12-6-5-10-17(16)18/h2-6,8-10,12,19-20H,7,11,13H2,1H3/b16-14-. The number of benzene rings is 2. The third kappa shape index (κ3) is 2.86. The topological polar surface area (TPSA) is 29.5 Å². The van der Waals surface area contributed by atoms with E-state index in [0.29, 0.717) is 0 Å². The van der Waals surface area contributed by atoms with Crippen LogP contribution in [0.25, 0.3) is 5.57 Å². The van der Waals surface area contributed by atoms with Crippen molar-refractivity contribution in [1.29, 1.82) is 0 Å². The van der Waals surface area contributed by atoms with E-state index in [0.717, 1.165) is 41.9 Å². The Bertz CT molecular complexity index is 644. The fraction of sp³-hybridized carbons (Fsp3) is 0.263. The van der Waals surface area contributed by atoms with E-state index in [1.54, 1.807) is 0 Å². The van der Waals surface area contributed by atoms with Crippen LogP contribution in [-0.4, -0.2) is 11.7 Å². The van der Waals surface area contributed by atoms with E-state index in [9.17, 15) is 5.11 Å². The van der Waals surface area contributed by atoms with Gasteiger partial charge in [0.05, 0.1) is 6.61 Å². The first-order chi connectivity index (χ1) is 10.3. The monoisotopic (exact) mass is 280 g/mol. The molecule has 21 heavy (non-hydrogen) atoms. The zero-order chi connectivity index (χ0) is 14.7. The number of hydrogen-bond donors (Lipinski definition) is 1. The zero-order valence-electron chi connectivity index (χ0n) is 12.3. The summed E-state index contributed by atoms with van der Waals surface area (Å²) >= 11 is 0. The Kier molecular flexibility index (Phi) is 4.07. The summed E-state index contributed by atoms with van der Waals surface area (Å²) < 4.78 is 5.80. The predicted octanol–water partition coefficient (Wildman–Crippen LogP) is 4.37. The Balaban J connectivity index is 2.04. The molecule has 0 radical (unpaired) electrons. The number of aliphatic hydroxyl groups excluding tert-OH is 1. The minimum atomic E-state index is -0.563. The Morgan fingerprint density at radius 1 is 1.05 bits per heavy atom. The van der Waals surface area contributed by atoms with Crippen LogP contribution < -0.4 is 4.74 Å². The molecule has 3 rings (SSSR count). The van der Waals surface area contributed by atoms with E-state index in [4.69, 9.17) is 4.74 Å². The maximum atomic E-state index is 10.7. The van der Waals surface area contributed by atoms with Gasteiger partial charge in [-0.25, -0.2) is 0 Å². The highest BCUT2D eigenvalue weighted by molar-refractivity contribution is 5.74. The van der Waals surface area contributed by atoms with Crippen LogP contribution in [0.2, 0.25) is 0 Å². The van der Waals surface area contributed by atoms with Crippen molar-refractivity contribution in [2.24, 2.45) is 0 Å². The largest absolute Gasteiger partial charge is 0.493 e. The highest BCUT2D eigenvalue weighted by atomic mass is 16.5. The van der Waals surface area contributed by atoms with Crippen molar-refractivity contribution in [3.63, 3.8) is 0 Å².